The number of carbonyl (C=O) groups is 2. The van der Waals surface area contributed by atoms with Crippen LogP contribution >= 0.6 is 23.2 Å². The molecule has 0 heterocycles. The van der Waals surface area contributed by atoms with Gasteiger partial charge in [0.1, 0.15) is 12.0 Å². The fourth-order valence-electron chi connectivity index (χ4n) is 2.82. The van der Waals surface area contributed by atoms with Gasteiger partial charge in [0, 0.05) is 31.5 Å². The van der Waals surface area contributed by atoms with Crippen molar-refractivity contribution in [1.29, 1.82) is 0 Å². The molecule has 0 saturated carbocycles. The van der Waals surface area contributed by atoms with Crippen molar-refractivity contribution in [2.75, 3.05) is 14.2 Å². The molecule has 0 saturated heterocycles. The van der Waals surface area contributed by atoms with Gasteiger partial charge in [-0.05, 0) is 30.2 Å². The van der Waals surface area contributed by atoms with E-state index in [9.17, 15) is 9.59 Å². The Kier molecular flexibility index (Phi) is 7.49. The highest BCUT2D eigenvalue weighted by Crippen LogP contribution is 2.25. The standard InChI is InChI=1S/C20H21Cl2NO3/c1-23(13-16-5-3-4-6-19(16)26-2)20(25)15(9-10-24)11-14-7-8-17(21)18(22)12-14/h3-8,10,12,15H,9,11,13H2,1-2H3. The number of carbonyl (C=O) groups excluding carboxylic acids is 2. The van der Waals surface area contributed by atoms with Gasteiger partial charge in [-0.3, -0.25) is 4.79 Å². The lowest BCUT2D eigenvalue weighted by molar-refractivity contribution is -0.136. The van der Waals surface area contributed by atoms with Crippen LogP contribution in [-0.2, 0) is 22.6 Å². The van der Waals surface area contributed by atoms with Gasteiger partial charge in [-0.1, -0.05) is 47.5 Å². The van der Waals surface area contributed by atoms with Gasteiger partial charge in [-0.25, -0.2) is 0 Å². The number of benzene rings is 2. The Hall–Kier alpha value is -2.04. The number of hydrogen-bond acceptors (Lipinski definition) is 3. The molecule has 4 nitrogen and oxygen atoms in total. The van der Waals surface area contributed by atoms with Crippen molar-refractivity contribution in [2.24, 2.45) is 5.92 Å². The zero-order chi connectivity index (χ0) is 19.1. The zero-order valence-electron chi connectivity index (χ0n) is 14.7. The predicted octanol–water partition coefficient (Wildman–Crippen LogP) is 4.41. The Bertz CT molecular complexity index is 779. The summed E-state index contributed by atoms with van der Waals surface area (Å²) in [5, 5.41) is 0.894. The summed E-state index contributed by atoms with van der Waals surface area (Å²) in [6.45, 7) is 0.402. The molecule has 0 N–H and O–H groups in total. The van der Waals surface area contributed by atoms with Gasteiger partial charge >= 0.3 is 0 Å². The van der Waals surface area contributed by atoms with Crippen LogP contribution in [0.1, 0.15) is 17.5 Å². The van der Waals surface area contributed by atoms with E-state index in [1.807, 2.05) is 30.3 Å². The van der Waals surface area contributed by atoms with Crippen molar-refractivity contribution in [3.05, 3.63) is 63.6 Å². The monoisotopic (exact) mass is 393 g/mol. The molecule has 0 radical (unpaired) electrons. The highest BCUT2D eigenvalue weighted by Gasteiger charge is 2.23. The zero-order valence-corrected chi connectivity index (χ0v) is 16.3. The van der Waals surface area contributed by atoms with E-state index in [-0.39, 0.29) is 12.3 Å². The fraction of sp³-hybridized carbons (Fsp3) is 0.300. The van der Waals surface area contributed by atoms with E-state index in [0.717, 1.165) is 23.2 Å². The summed E-state index contributed by atoms with van der Waals surface area (Å²) in [6.07, 6.45) is 1.34. The molecule has 0 aliphatic carbocycles. The molecule has 0 spiro atoms. The Morgan fingerprint density at radius 2 is 1.92 bits per heavy atom. The number of nitrogens with zero attached hydrogens (tertiary/aromatic N) is 1. The van der Waals surface area contributed by atoms with Crippen molar-refractivity contribution in [2.45, 2.75) is 19.4 Å². The van der Waals surface area contributed by atoms with Gasteiger partial charge in [-0.15, -0.1) is 0 Å². The Morgan fingerprint density at radius 3 is 2.58 bits per heavy atom. The van der Waals surface area contributed by atoms with Crippen LogP contribution in [0.4, 0.5) is 0 Å². The average Bonchev–Trinajstić information content (AvgIpc) is 2.64. The normalized spacial score (nSPS) is 11.7. The lowest BCUT2D eigenvalue weighted by Crippen LogP contribution is -2.34. The number of ether oxygens (including phenoxy) is 1. The first kappa shape index (κ1) is 20.3. The summed E-state index contributed by atoms with van der Waals surface area (Å²) in [4.78, 5) is 25.5. The molecule has 0 aliphatic heterocycles. The summed E-state index contributed by atoms with van der Waals surface area (Å²) < 4.78 is 5.33. The van der Waals surface area contributed by atoms with E-state index in [0.29, 0.717) is 23.0 Å². The van der Waals surface area contributed by atoms with Crippen molar-refractivity contribution < 1.29 is 14.3 Å². The van der Waals surface area contributed by atoms with Gasteiger partial charge in [0.25, 0.3) is 0 Å². The quantitative estimate of drug-likeness (QED) is 0.624. The van der Waals surface area contributed by atoms with Crippen molar-refractivity contribution >= 4 is 35.4 Å². The summed E-state index contributed by atoms with van der Waals surface area (Å²) in [6, 6.07) is 12.8. The van der Waals surface area contributed by atoms with Crippen LogP contribution in [0.3, 0.4) is 0 Å². The van der Waals surface area contributed by atoms with Crippen LogP contribution in [0.5, 0.6) is 5.75 Å². The number of rotatable bonds is 8. The molecule has 1 amide bonds. The largest absolute Gasteiger partial charge is 0.496 e. The number of para-hydroxylation sites is 1. The van der Waals surface area contributed by atoms with Crippen LogP contribution < -0.4 is 4.74 Å². The summed E-state index contributed by atoms with van der Waals surface area (Å²) in [5.41, 5.74) is 1.77. The first-order valence-electron chi connectivity index (χ1n) is 8.20. The van der Waals surface area contributed by atoms with Crippen LogP contribution in [0.2, 0.25) is 10.0 Å². The maximum Gasteiger partial charge on any atom is 0.226 e. The Labute approximate surface area is 163 Å². The predicted molar refractivity (Wildman–Crippen MR) is 104 cm³/mol. The molecule has 2 aromatic rings. The molecular formula is C20H21Cl2NO3. The van der Waals surface area contributed by atoms with E-state index in [1.54, 1.807) is 31.2 Å². The highest BCUT2D eigenvalue weighted by atomic mass is 35.5. The SMILES string of the molecule is COc1ccccc1CN(C)C(=O)C(CC=O)Cc1ccc(Cl)c(Cl)c1. The molecule has 0 aromatic heterocycles. The molecular weight excluding hydrogens is 373 g/mol. The van der Waals surface area contributed by atoms with Crippen LogP contribution in [-0.4, -0.2) is 31.3 Å². The van der Waals surface area contributed by atoms with Gasteiger partial charge in [0.05, 0.1) is 17.2 Å². The Balaban J connectivity index is 2.13. The van der Waals surface area contributed by atoms with E-state index in [2.05, 4.69) is 0 Å². The van der Waals surface area contributed by atoms with E-state index >= 15 is 0 Å². The second kappa shape index (κ2) is 9.60. The topological polar surface area (TPSA) is 46.6 Å². The third-order valence-electron chi connectivity index (χ3n) is 4.17. The third-order valence-corrected chi connectivity index (χ3v) is 4.91. The van der Waals surface area contributed by atoms with Gasteiger partial charge < -0.3 is 14.4 Å². The van der Waals surface area contributed by atoms with Crippen molar-refractivity contribution in [3.8, 4) is 5.75 Å². The molecule has 138 valence electrons. The maximum absolute atomic E-state index is 12.9. The third kappa shape index (κ3) is 5.23. The smallest absolute Gasteiger partial charge is 0.226 e. The Morgan fingerprint density at radius 1 is 1.19 bits per heavy atom. The molecule has 0 fully saturated rings. The van der Waals surface area contributed by atoms with E-state index < -0.39 is 5.92 Å². The molecule has 0 bridgehead atoms. The highest BCUT2D eigenvalue weighted by molar-refractivity contribution is 6.42. The molecule has 6 heteroatoms. The minimum Gasteiger partial charge on any atom is -0.496 e. The maximum atomic E-state index is 12.9. The lowest BCUT2D eigenvalue weighted by atomic mass is 9.95. The summed E-state index contributed by atoms with van der Waals surface area (Å²) >= 11 is 12.0. The first-order chi connectivity index (χ1) is 12.5. The molecule has 1 unspecified atom stereocenters. The molecule has 2 rings (SSSR count). The van der Waals surface area contributed by atoms with E-state index in [4.69, 9.17) is 27.9 Å². The molecule has 2 aromatic carbocycles. The van der Waals surface area contributed by atoms with Gasteiger partial charge in [-0.2, -0.15) is 0 Å². The van der Waals surface area contributed by atoms with Crippen LogP contribution in [0, 0.1) is 5.92 Å². The summed E-state index contributed by atoms with van der Waals surface area (Å²) in [7, 11) is 3.32. The van der Waals surface area contributed by atoms with Crippen LogP contribution in [0.15, 0.2) is 42.5 Å². The molecule has 0 aliphatic rings. The first-order valence-corrected chi connectivity index (χ1v) is 8.96. The number of methoxy groups -OCH3 is 1. The average molecular weight is 394 g/mol. The number of halogens is 2. The minimum absolute atomic E-state index is 0.103. The fourth-order valence-corrected chi connectivity index (χ4v) is 3.14. The second-order valence-electron chi connectivity index (χ2n) is 6.06. The van der Waals surface area contributed by atoms with E-state index in [1.165, 1.54) is 0 Å². The van der Waals surface area contributed by atoms with Crippen molar-refractivity contribution in [1.82, 2.24) is 4.90 Å². The lowest BCUT2D eigenvalue weighted by Gasteiger charge is -2.24. The number of aldehydes is 1. The molecule has 1 atom stereocenters. The van der Waals surface area contributed by atoms with Gasteiger partial charge in [0.2, 0.25) is 5.91 Å². The second-order valence-corrected chi connectivity index (χ2v) is 6.87. The molecule has 26 heavy (non-hydrogen) atoms. The van der Waals surface area contributed by atoms with Gasteiger partial charge in [0.15, 0.2) is 0 Å². The minimum atomic E-state index is -0.454. The number of hydrogen-bond donors (Lipinski definition) is 0. The van der Waals surface area contributed by atoms with Crippen LogP contribution in [0.25, 0.3) is 0 Å². The summed E-state index contributed by atoms with van der Waals surface area (Å²) in [5.74, 6) is 0.169. The number of amides is 1. The van der Waals surface area contributed by atoms with Crippen molar-refractivity contribution in [3.63, 3.8) is 0 Å².